The summed E-state index contributed by atoms with van der Waals surface area (Å²) in [4.78, 5) is 28.8. The molecular weight excluding hydrogens is 622 g/mol. The Morgan fingerprint density at radius 3 is 2.63 bits per heavy atom. The summed E-state index contributed by atoms with van der Waals surface area (Å²) in [5.41, 5.74) is 3.55. The molecule has 1 unspecified atom stereocenters. The van der Waals surface area contributed by atoms with Crippen LogP contribution in [-0.2, 0) is 4.79 Å². The molecule has 1 aromatic carbocycles. The van der Waals surface area contributed by atoms with Crippen LogP contribution >= 0.6 is 0 Å². The largest absolute Gasteiger partial charge is 0.507 e. The average Bonchev–Trinajstić information content (AvgIpc) is 3.57. The van der Waals surface area contributed by atoms with Crippen LogP contribution in [-0.4, -0.2) is 99.6 Å². The lowest BCUT2D eigenvalue weighted by atomic mass is 9.90. The van der Waals surface area contributed by atoms with Gasteiger partial charge < -0.3 is 34.4 Å². The number of nitrogens with one attached hydrogen (secondary N) is 1. The van der Waals surface area contributed by atoms with E-state index in [2.05, 4.69) is 35.4 Å². The number of Topliss-reactive ketones (excluding diaryl/α,β-unsaturated/α-hetero) is 1. The molecular formula is C36H45N9O4. The van der Waals surface area contributed by atoms with Crippen LogP contribution in [0.3, 0.4) is 0 Å². The number of carbonyl (C=O) groups excluding carboxylic acids is 1. The lowest BCUT2D eigenvalue weighted by Crippen LogP contribution is -2.58. The Balaban J connectivity index is 0.869. The molecule has 258 valence electrons. The molecule has 13 nitrogen and oxygen atoms in total. The third kappa shape index (κ3) is 7.17. The van der Waals surface area contributed by atoms with Crippen molar-refractivity contribution in [2.45, 2.75) is 57.9 Å². The monoisotopic (exact) mass is 667 g/mol. The van der Waals surface area contributed by atoms with Crippen molar-refractivity contribution in [3.63, 3.8) is 0 Å². The van der Waals surface area contributed by atoms with Crippen LogP contribution in [0.2, 0.25) is 0 Å². The number of aromatic nitrogens is 5. The third-order valence-corrected chi connectivity index (χ3v) is 10.0. The van der Waals surface area contributed by atoms with E-state index in [1.807, 2.05) is 44.4 Å². The number of piperazine rings is 1. The zero-order valence-corrected chi connectivity index (χ0v) is 28.5. The molecule has 2 atom stereocenters. The first-order chi connectivity index (χ1) is 23.8. The maximum Gasteiger partial charge on any atom is 0.254 e. The van der Waals surface area contributed by atoms with Crippen molar-refractivity contribution in [3.8, 4) is 22.9 Å². The number of para-hydroxylation sites is 1. The zero-order valence-electron chi connectivity index (χ0n) is 28.5. The first-order valence-corrected chi connectivity index (χ1v) is 17.4. The molecule has 2 saturated heterocycles. The molecule has 0 spiro atoms. The van der Waals surface area contributed by atoms with Gasteiger partial charge in [-0.05, 0) is 80.0 Å². The molecule has 0 bridgehead atoms. The number of ketones is 1. The minimum absolute atomic E-state index is 0.0736. The highest BCUT2D eigenvalue weighted by Gasteiger charge is 2.34. The number of carbonyl (C=O) groups is 1. The van der Waals surface area contributed by atoms with Crippen LogP contribution in [0, 0.1) is 5.92 Å². The SMILES string of the molecule is CC(=O)C(c1cc(OCCCN2CCC(c3cnc(N4CCN5c6cc(-c7ccccc7O)nnc6NC[C@H]5C4)nc3)CC2)no1)C(C)C. The minimum Gasteiger partial charge on any atom is -0.507 e. The highest BCUT2D eigenvalue weighted by Crippen LogP contribution is 2.36. The van der Waals surface area contributed by atoms with Gasteiger partial charge in [0.05, 0.1) is 29.9 Å². The van der Waals surface area contributed by atoms with E-state index in [0.29, 0.717) is 35.4 Å². The van der Waals surface area contributed by atoms with E-state index in [1.165, 1.54) is 5.56 Å². The Labute approximate surface area is 286 Å². The van der Waals surface area contributed by atoms with Crippen molar-refractivity contribution < 1.29 is 19.2 Å². The molecule has 0 aliphatic carbocycles. The number of benzene rings is 1. The van der Waals surface area contributed by atoms with Crippen molar-refractivity contribution in [3.05, 3.63) is 60.1 Å². The van der Waals surface area contributed by atoms with Gasteiger partial charge in [0.2, 0.25) is 5.95 Å². The number of rotatable bonds is 11. The highest BCUT2D eigenvalue weighted by molar-refractivity contribution is 5.83. The molecule has 3 aliphatic heterocycles. The zero-order chi connectivity index (χ0) is 33.9. The molecule has 0 radical (unpaired) electrons. The summed E-state index contributed by atoms with van der Waals surface area (Å²) in [6.45, 7) is 12.4. The van der Waals surface area contributed by atoms with Gasteiger partial charge in [-0.2, -0.15) is 0 Å². The molecule has 49 heavy (non-hydrogen) atoms. The molecule has 4 aromatic rings. The predicted octanol–water partition coefficient (Wildman–Crippen LogP) is 4.73. The number of phenols is 1. The summed E-state index contributed by atoms with van der Waals surface area (Å²) in [6.07, 6.45) is 7.09. The van der Waals surface area contributed by atoms with Crippen LogP contribution in [0.25, 0.3) is 11.3 Å². The second-order valence-corrected chi connectivity index (χ2v) is 13.7. The van der Waals surface area contributed by atoms with Gasteiger partial charge in [-0.3, -0.25) is 4.79 Å². The van der Waals surface area contributed by atoms with Crippen LogP contribution in [0.5, 0.6) is 11.6 Å². The van der Waals surface area contributed by atoms with Gasteiger partial charge in [0.25, 0.3) is 5.88 Å². The normalized spacial score (nSPS) is 18.9. The Bertz CT molecular complexity index is 1740. The number of ether oxygens (including phenoxy) is 1. The number of phenolic OH excluding ortho intramolecular Hbond substituents is 1. The second kappa shape index (κ2) is 14.4. The molecule has 6 heterocycles. The van der Waals surface area contributed by atoms with Gasteiger partial charge in [0.1, 0.15) is 11.5 Å². The lowest BCUT2D eigenvalue weighted by Gasteiger charge is -2.45. The van der Waals surface area contributed by atoms with E-state index in [-0.39, 0.29) is 29.4 Å². The van der Waals surface area contributed by atoms with E-state index >= 15 is 0 Å². The number of piperidine rings is 1. The average molecular weight is 668 g/mol. The number of nitrogens with zero attached hydrogens (tertiary/aromatic N) is 8. The lowest BCUT2D eigenvalue weighted by molar-refractivity contribution is -0.119. The Morgan fingerprint density at radius 2 is 1.88 bits per heavy atom. The van der Waals surface area contributed by atoms with E-state index in [1.54, 1.807) is 25.1 Å². The predicted molar refractivity (Wildman–Crippen MR) is 186 cm³/mol. The third-order valence-electron chi connectivity index (χ3n) is 10.0. The van der Waals surface area contributed by atoms with Crippen LogP contribution in [0.1, 0.15) is 63.2 Å². The second-order valence-electron chi connectivity index (χ2n) is 13.7. The summed E-state index contributed by atoms with van der Waals surface area (Å²) in [6, 6.07) is 11.2. The topological polar surface area (TPSA) is 146 Å². The fourth-order valence-corrected chi connectivity index (χ4v) is 7.44. The number of anilines is 3. The van der Waals surface area contributed by atoms with Crippen LogP contribution in [0.4, 0.5) is 17.5 Å². The van der Waals surface area contributed by atoms with Gasteiger partial charge in [-0.1, -0.05) is 26.0 Å². The van der Waals surface area contributed by atoms with Gasteiger partial charge in [-0.25, -0.2) is 9.97 Å². The maximum absolute atomic E-state index is 12.0. The number of hydrogen-bond donors (Lipinski definition) is 2. The Kier molecular flexibility index (Phi) is 9.61. The maximum atomic E-state index is 12.0. The molecule has 3 aliphatic rings. The Morgan fingerprint density at radius 1 is 1.08 bits per heavy atom. The molecule has 13 heteroatoms. The summed E-state index contributed by atoms with van der Waals surface area (Å²) >= 11 is 0. The summed E-state index contributed by atoms with van der Waals surface area (Å²) in [5.74, 6) is 3.14. The van der Waals surface area contributed by atoms with Crippen molar-refractivity contribution in [1.82, 2.24) is 30.2 Å². The molecule has 2 fully saturated rings. The highest BCUT2D eigenvalue weighted by atomic mass is 16.5. The van der Waals surface area contributed by atoms with E-state index in [0.717, 1.165) is 82.5 Å². The fourth-order valence-electron chi connectivity index (χ4n) is 7.44. The molecule has 0 amide bonds. The van der Waals surface area contributed by atoms with Crippen molar-refractivity contribution >= 4 is 23.2 Å². The van der Waals surface area contributed by atoms with Crippen LogP contribution in [0.15, 0.2) is 53.3 Å². The van der Waals surface area contributed by atoms with Crippen molar-refractivity contribution in [2.75, 3.05) is 67.5 Å². The number of hydrogen-bond acceptors (Lipinski definition) is 13. The van der Waals surface area contributed by atoms with E-state index in [4.69, 9.17) is 19.2 Å². The molecule has 2 N–H and O–H groups in total. The summed E-state index contributed by atoms with van der Waals surface area (Å²) in [7, 11) is 0. The van der Waals surface area contributed by atoms with Gasteiger partial charge >= 0.3 is 0 Å². The molecule has 0 saturated carbocycles. The number of aromatic hydroxyl groups is 1. The Hall–Kier alpha value is -4.78. The first-order valence-electron chi connectivity index (χ1n) is 17.4. The minimum atomic E-state index is -0.292. The molecule has 3 aromatic heterocycles. The fraction of sp³-hybridized carbons (Fsp3) is 0.500. The van der Waals surface area contributed by atoms with Crippen molar-refractivity contribution in [1.29, 1.82) is 0 Å². The quantitative estimate of drug-likeness (QED) is 0.213. The van der Waals surface area contributed by atoms with Gasteiger partial charge in [-0.15, -0.1) is 10.2 Å². The molecule has 7 rings (SSSR count). The summed E-state index contributed by atoms with van der Waals surface area (Å²) < 4.78 is 11.2. The number of likely N-dealkylation sites (tertiary alicyclic amines) is 1. The van der Waals surface area contributed by atoms with E-state index < -0.39 is 0 Å². The first kappa shape index (κ1) is 32.8. The number of fused-ring (bicyclic) bond motifs is 3. The van der Waals surface area contributed by atoms with Gasteiger partial charge in [0, 0.05) is 56.7 Å². The van der Waals surface area contributed by atoms with Gasteiger partial charge in [0.15, 0.2) is 11.6 Å². The van der Waals surface area contributed by atoms with Crippen molar-refractivity contribution in [2.24, 2.45) is 5.92 Å². The summed E-state index contributed by atoms with van der Waals surface area (Å²) in [5, 5.41) is 26.6. The smallest absolute Gasteiger partial charge is 0.254 e. The van der Waals surface area contributed by atoms with E-state index in [9.17, 15) is 9.90 Å². The van der Waals surface area contributed by atoms with Crippen LogP contribution < -0.4 is 19.9 Å². The standard InChI is InChI=1S/C36H45N9O4/c1-23(2)34(24(3)46)32-18-33(42-49-32)48-16-6-11-43-12-9-25(10-13-43)26-19-38-36(39-20-26)44-14-15-45-27(22-44)21-37-35-30(45)17-29(40-41-35)28-7-4-5-8-31(28)47/h4-5,7-8,17-20,23,25,27,34,47H,6,9-16,21-22H2,1-3H3,(H,37,41)/t27-,34?/m0/s1.